The molecule has 21 heavy (non-hydrogen) atoms. The summed E-state index contributed by atoms with van der Waals surface area (Å²) in [5, 5.41) is 8.27. The summed E-state index contributed by atoms with van der Waals surface area (Å²) in [6.07, 6.45) is 9.02. The molecule has 0 saturated carbocycles. The van der Waals surface area contributed by atoms with E-state index < -0.39 is 0 Å². The number of rotatable bonds is 6. The van der Waals surface area contributed by atoms with E-state index in [2.05, 4.69) is 0 Å². The molecule has 0 aromatic carbocycles. The summed E-state index contributed by atoms with van der Waals surface area (Å²) in [7, 11) is 0. The molecule has 2 rings (SSSR count). The molecule has 2 heterocycles. The van der Waals surface area contributed by atoms with Crippen LogP contribution in [0.15, 0.2) is 0 Å². The van der Waals surface area contributed by atoms with Gasteiger partial charge in [0.1, 0.15) is 5.78 Å². The minimum Gasteiger partial charge on any atom is -0.396 e. The number of carbonyl (C=O) groups excluding carboxylic acids is 1. The van der Waals surface area contributed by atoms with Gasteiger partial charge < -0.3 is 24.1 Å². The number of carbonyl (C=O) groups is 1. The summed E-state index contributed by atoms with van der Waals surface area (Å²) in [4.78, 5) is 10.2. The maximum atomic E-state index is 10.2. The van der Waals surface area contributed by atoms with Crippen LogP contribution in [-0.2, 0) is 19.0 Å². The monoisotopic (exact) mass is 302 g/mol. The molecule has 5 nitrogen and oxygen atoms in total. The molecule has 0 bridgehead atoms. The van der Waals surface area contributed by atoms with E-state index in [0.29, 0.717) is 6.42 Å². The first kappa shape index (κ1) is 18.6. The van der Waals surface area contributed by atoms with Crippen LogP contribution < -0.4 is 0 Å². The van der Waals surface area contributed by atoms with Crippen LogP contribution in [0.4, 0.5) is 0 Å². The van der Waals surface area contributed by atoms with Crippen molar-refractivity contribution in [3.8, 4) is 0 Å². The summed E-state index contributed by atoms with van der Waals surface area (Å²) < 4.78 is 16.6. The molecule has 124 valence electrons. The third-order valence-corrected chi connectivity index (χ3v) is 3.52. The van der Waals surface area contributed by atoms with E-state index >= 15 is 0 Å². The molecule has 2 aliphatic heterocycles. The van der Waals surface area contributed by atoms with Crippen molar-refractivity contribution in [1.82, 2.24) is 0 Å². The fraction of sp³-hybridized carbons (Fsp3) is 0.938. The molecule has 2 unspecified atom stereocenters. The second-order valence-corrected chi connectivity index (χ2v) is 5.61. The van der Waals surface area contributed by atoms with E-state index in [0.717, 1.165) is 38.9 Å². The van der Waals surface area contributed by atoms with Crippen LogP contribution in [0.5, 0.6) is 0 Å². The zero-order chi connectivity index (χ0) is 15.3. The van der Waals surface area contributed by atoms with E-state index in [1.165, 1.54) is 25.7 Å². The Kier molecular flexibility index (Phi) is 10.7. The molecule has 0 aliphatic carbocycles. The Labute approximate surface area is 128 Å². The highest BCUT2D eigenvalue weighted by molar-refractivity contribution is 5.75. The Morgan fingerprint density at radius 3 is 2.00 bits per heavy atom. The topological polar surface area (TPSA) is 65.0 Å². The van der Waals surface area contributed by atoms with Crippen molar-refractivity contribution in [2.45, 2.75) is 77.3 Å². The second kappa shape index (κ2) is 12.1. The van der Waals surface area contributed by atoms with Gasteiger partial charge >= 0.3 is 0 Å². The summed E-state index contributed by atoms with van der Waals surface area (Å²) in [6, 6.07) is 0. The van der Waals surface area contributed by atoms with Gasteiger partial charge in [-0.1, -0.05) is 0 Å². The third-order valence-electron chi connectivity index (χ3n) is 3.52. The normalized spacial score (nSPS) is 25.8. The minimum atomic E-state index is -0.00292. The average molecular weight is 302 g/mol. The molecule has 5 heteroatoms. The van der Waals surface area contributed by atoms with Crippen molar-refractivity contribution in [2.24, 2.45) is 0 Å². The number of unbranched alkanes of at least 4 members (excludes halogenated alkanes) is 1. The quantitative estimate of drug-likeness (QED) is 0.764. The Morgan fingerprint density at radius 2 is 1.62 bits per heavy atom. The van der Waals surface area contributed by atoms with Gasteiger partial charge in [-0.05, 0) is 58.3 Å². The second-order valence-electron chi connectivity index (χ2n) is 5.61. The van der Waals surface area contributed by atoms with Gasteiger partial charge in [0.25, 0.3) is 0 Å². The number of aliphatic hydroxyl groups excluding tert-OH is 1. The highest BCUT2D eigenvalue weighted by Gasteiger charge is 2.21. The van der Waals surface area contributed by atoms with Crippen molar-refractivity contribution in [3.63, 3.8) is 0 Å². The van der Waals surface area contributed by atoms with Crippen LogP contribution in [0.1, 0.15) is 64.7 Å². The number of hydrogen-bond donors (Lipinski definition) is 1. The van der Waals surface area contributed by atoms with Crippen LogP contribution in [0.2, 0.25) is 0 Å². The zero-order valence-electron chi connectivity index (χ0n) is 13.2. The Hall–Kier alpha value is -0.490. The summed E-state index contributed by atoms with van der Waals surface area (Å²) >= 11 is 0. The molecule has 0 radical (unpaired) electrons. The lowest BCUT2D eigenvalue weighted by Crippen LogP contribution is -2.31. The fourth-order valence-electron chi connectivity index (χ4n) is 2.29. The lowest BCUT2D eigenvalue weighted by molar-refractivity contribution is -0.264. The van der Waals surface area contributed by atoms with Gasteiger partial charge in [-0.3, -0.25) is 0 Å². The number of aliphatic hydroxyl groups is 1. The van der Waals surface area contributed by atoms with Gasteiger partial charge in [0, 0.05) is 26.2 Å². The third kappa shape index (κ3) is 9.96. The molecule has 2 aliphatic rings. The SMILES string of the molecule is C1CCC(OC2CCCCO2)OC1.CC(=O)CCCCO. The maximum absolute atomic E-state index is 10.2. The number of ketones is 1. The minimum absolute atomic E-state index is 0.00292. The highest BCUT2D eigenvalue weighted by Crippen LogP contribution is 2.20. The first-order valence-corrected chi connectivity index (χ1v) is 8.21. The van der Waals surface area contributed by atoms with Crippen LogP contribution in [0.25, 0.3) is 0 Å². The maximum Gasteiger partial charge on any atom is 0.160 e. The highest BCUT2D eigenvalue weighted by atomic mass is 16.8. The molecule has 2 saturated heterocycles. The molecule has 2 atom stereocenters. The van der Waals surface area contributed by atoms with Crippen LogP contribution in [0, 0.1) is 0 Å². The molecule has 2 fully saturated rings. The van der Waals surface area contributed by atoms with E-state index in [-0.39, 0.29) is 25.0 Å². The Morgan fingerprint density at radius 1 is 1.05 bits per heavy atom. The van der Waals surface area contributed by atoms with E-state index in [1.54, 1.807) is 6.92 Å². The predicted octanol–water partition coefficient (Wildman–Crippen LogP) is 2.79. The van der Waals surface area contributed by atoms with Crippen LogP contribution >= 0.6 is 0 Å². The number of ether oxygens (including phenoxy) is 3. The number of Topliss-reactive ketones (excluding diaryl/α,β-unsaturated/α-hetero) is 1. The summed E-state index contributed by atoms with van der Waals surface area (Å²) in [5.41, 5.74) is 0. The van der Waals surface area contributed by atoms with Crippen LogP contribution in [0.3, 0.4) is 0 Å². The molecule has 0 amide bonds. The molecular weight excluding hydrogens is 272 g/mol. The first-order valence-electron chi connectivity index (χ1n) is 8.21. The summed E-state index contributed by atoms with van der Waals surface area (Å²) in [5.74, 6) is 0.207. The molecule has 1 N–H and O–H groups in total. The van der Waals surface area contributed by atoms with Crippen molar-refractivity contribution < 1.29 is 24.1 Å². The van der Waals surface area contributed by atoms with Gasteiger partial charge in [-0.25, -0.2) is 0 Å². The molecular formula is C16H30O5. The largest absolute Gasteiger partial charge is 0.396 e. The smallest absolute Gasteiger partial charge is 0.160 e. The van der Waals surface area contributed by atoms with Crippen molar-refractivity contribution in [2.75, 3.05) is 19.8 Å². The van der Waals surface area contributed by atoms with E-state index in [4.69, 9.17) is 19.3 Å². The first-order chi connectivity index (χ1) is 10.2. The van der Waals surface area contributed by atoms with Gasteiger partial charge in [-0.15, -0.1) is 0 Å². The summed E-state index contributed by atoms with van der Waals surface area (Å²) in [6.45, 7) is 3.46. The van der Waals surface area contributed by atoms with Crippen molar-refractivity contribution in [3.05, 3.63) is 0 Å². The molecule has 0 spiro atoms. The lowest BCUT2D eigenvalue weighted by atomic mass is 10.2. The van der Waals surface area contributed by atoms with Crippen molar-refractivity contribution >= 4 is 5.78 Å². The Balaban J connectivity index is 0.000000240. The fourth-order valence-corrected chi connectivity index (χ4v) is 2.29. The van der Waals surface area contributed by atoms with E-state index in [1.807, 2.05) is 0 Å². The molecule has 0 aromatic heterocycles. The zero-order valence-corrected chi connectivity index (χ0v) is 13.2. The van der Waals surface area contributed by atoms with Gasteiger partial charge in [0.15, 0.2) is 12.6 Å². The van der Waals surface area contributed by atoms with Gasteiger partial charge in [0.2, 0.25) is 0 Å². The van der Waals surface area contributed by atoms with Gasteiger partial charge in [-0.2, -0.15) is 0 Å². The van der Waals surface area contributed by atoms with E-state index in [9.17, 15) is 4.79 Å². The van der Waals surface area contributed by atoms with Crippen molar-refractivity contribution in [1.29, 1.82) is 0 Å². The predicted molar refractivity (Wildman–Crippen MR) is 79.9 cm³/mol. The Bertz CT molecular complexity index is 241. The van der Waals surface area contributed by atoms with Gasteiger partial charge in [0.05, 0.1) is 0 Å². The lowest BCUT2D eigenvalue weighted by Gasteiger charge is -2.29. The van der Waals surface area contributed by atoms with Crippen LogP contribution in [-0.4, -0.2) is 43.3 Å². The molecule has 0 aromatic rings. The standard InChI is InChI=1S/C10H18O3.C6H12O2/c1-3-7-11-9(5-1)13-10-6-2-4-8-12-10;1-6(8)4-2-3-5-7/h9-10H,1-8H2;7H,2-5H2,1H3. The number of hydrogen-bond acceptors (Lipinski definition) is 5. The average Bonchev–Trinajstić information content (AvgIpc) is 2.50.